The van der Waals surface area contributed by atoms with Crippen LogP contribution in [0.1, 0.15) is 13.8 Å². The molecule has 0 atom stereocenters. The number of rotatable bonds is 1. The number of nitrogen functional groups attached to an aromatic ring is 1. The maximum Gasteiger partial charge on any atom is 0.222 e. The lowest BCUT2D eigenvalue weighted by Gasteiger charge is -2.38. The van der Waals surface area contributed by atoms with E-state index in [0.717, 1.165) is 29.1 Å². The zero-order valence-corrected chi connectivity index (χ0v) is 11.8. The highest BCUT2D eigenvalue weighted by Gasteiger charge is 2.28. The minimum absolute atomic E-state index is 0.261. The molecule has 0 unspecified atom stereocenters. The van der Waals surface area contributed by atoms with E-state index in [1.54, 1.807) is 6.20 Å². The number of hydrogen-bond acceptors (Lipinski definition) is 5. The Morgan fingerprint density at radius 1 is 1.56 bits per heavy atom. The molecule has 0 radical (unpaired) electrons. The van der Waals surface area contributed by atoms with Crippen LogP contribution in [0.3, 0.4) is 0 Å². The summed E-state index contributed by atoms with van der Waals surface area (Å²) < 4.78 is 1.17. The summed E-state index contributed by atoms with van der Waals surface area (Å²) in [4.78, 5) is 10.5. The summed E-state index contributed by atoms with van der Waals surface area (Å²) in [7, 11) is 0. The highest BCUT2D eigenvalue weighted by molar-refractivity contribution is 9.10. The van der Waals surface area contributed by atoms with Crippen molar-refractivity contribution in [3.8, 4) is 0 Å². The molecule has 1 saturated heterocycles. The SMILES string of the molecule is CC1(C)CN(c2nc(N)ncc2Br)CCS1. The standard InChI is InChI=1S/C10H15BrN4S/c1-10(2)6-15(3-4-16-10)8-7(11)5-13-9(12)14-8/h5H,3-4,6H2,1-2H3,(H2,12,13,14). The van der Waals surface area contributed by atoms with Gasteiger partial charge in [-0.25, -0.2) is 4.98 Å². The van der Waals surface area contributed by atoms with Crippen LogP contribution in [0.4, 0.5) is 11.8 Å². The minimum Gasteiger partial charge on any atom is -0.368 e. The van der Waals surface area contributed by atoms with Gasteiger partial charge in [-0.15, -0.1) is 0 Å². The Balaban J connectivity index is 2.26. The number of hydrogen-bond donors (Lipinski definition) is 1. The first-order valence-electron chi connectivity index (χ1n) is 5.15. The molecule has 2 N–H and O–H groups in total. The number of halogens is 1. The molecule has 6 heteroatoms. The molecule has 0 amide bonds. The van der Waals surface area contributed by atoms with Crippen molar-refractivity contribution in [2.75, 3.05) is 29.5 Å². The van der Waals surface area contributed by atoms with Gasteiger partial charge in [0.2, 0.25) is 5.95 Å². The van der Waals surface area contributed by atoms with Gasteiger partial charge in [0.05, 0.1) is 4.47 Å². The molecule has 1 aromatic rings. The fourth-order valence-electron chi connectivity index (χ4n) is 1.79. The van der Waals surface area contributed by atoms with Gasteiger partial charge in [-0.2, -0.15) is 16.7 Å². The minimum atomic E-state index is 0.261. The summed E-state index contributed by atoms with van der Waals surface area (Å²) in [6, 6.07) is 0. The first-order valence-corrected chi connectivity index (χ1v) is 6.93. The topological polar surface area (TPSA) is 55.0 Å². The second kappa shape index (κ2) is 4.41. The molecule has 0 bridgehead atoms. The largest absolute Gasteiger partial charge is 0.368 e. The van der Waals surface area contributed by atoms with Gasteiger partial charge in [0.1, 0.15) is 5.82 Å². The Morgan fingerprint density at radius 2 is 2.31 bits per heavy atom. The van der Waals surface area contributed by atoms with Gasteiger partial charge in [-0.3, -0.25) is 0 Å². The predicted octanol–water partition coefficient (Wildman–Crippen LogP) is 2.15. The van der Waals surface area contributed by atoms with Crippen LogP contribution >= 0.6 is 27.7 Å². The molecule has 0 aliphatic carbocycles. The normalized spacial score (nSPS) is 19.8. The molecule has 16 heavy (non-hydrogen) atoms. The molecule has 0 aromatic carbocycles. The second-order valence-electron chi connectivity index (χ2n) is 4.43. The van der Waals surface area contributed by atoms with Gasteiger partial charge in [0, 0.05) is 29.8 Å². The molecule has 1 aromatic heterocycles. The molecular weight excluding hydrogens is 288 g/mol. The fraction of sp³-hybridized carbons (Fsp3) is 0.600. The summed E-state index contributed by atoms with van der Waals surface area (Å²) in [5.41, 5.74) is 5.63. The van der Waals surface area contributed by atoms with Crippen molar-refractivity contribution in [1.29, 1.82) is 0 Å². The van der Waals surface area contributed by atoms with Gasteiger partial charge in [-0.1, -0.05) is 0 Å². The number of anilines is 2. The quantitative estimate of drug-likeness (QED) is 0.861. The Labute approximate surface area is 108 Å². The molecule has 0 saturated carbocycles. The van der Waals surface area contributed by atoms with E-state index in [4.69, 9.17) is 5.73 Å². The van der Waals surface area contributed by atoms with Gasteiger partial charge in [-0.05, 0) is 29.8 Å². The van der Waals surface area contributed by atoms with Gasteiger partial charge >= 0.3 is 0 Å². The number of nitrogens with zero attached hydrogens (tertiary/aromatic N) is 3. The van der Waals surface area contributed by atoms with Crippen molar-refractivity contribution in [3.63, 3.8) is 0 Å². The summed E-state index contributed by atoms with van der Waals surface area (Å²) in [5, 5.41) is 0. The van der Waals surface area contributed by atoms with Crippen LogP contribution in [0.25, 0.3) is 0 Å². The molecule has 0 spiro atoms. The number of aromatic nitrogens is 2. The lowest BCUT2D eigenvalue weighted by Crippen LogP contribution is -2.43. The van der Waals surface area contributed by atoms with E-state index in [-0.39, 0.29) is 4.75 Å². The predicted molar refractivity (Wildman–Crippen MR) is 72.9 cm³/mol. The Bertz CT molecular complexity index is 396. The van der Waals surface area contributed by atoms with Crippen molar-refractivity contribution in [3.05, 3.63) is 10.7 Å². The monoisotopic (exact) mass is 302 g/mol. The smallest absolute Gasteiger partial charge is 0.222 e. The summed E-state index contributed by atoms with van der Waals surface area (Å²) in [6.07, 6.45) is 1.71. The first kappa shape index (κ1) is 12.0. The van der Waals surface area contributed by atoms with Crippen LogP contribution in [0.15, 0.2) is 10.7 Å². The maximum atomic E-state index is 5.63. The number of nitrogens with two attached hydrogens (primary N) is 1. The van der Waals surface area contributed by atoms with Crippen molar-refractivity contribution in [2.24, 2.45) is 0 Å². The van der Waals surface area contributed by atoms with Gasteiger partial charge in [0.15, 0.2) is 0 Å². The molecule has 2 heterocycles. The Hall–Kier alpha value is -0.490. The lowest BCUT2D eigenvalue weighted by atomic mass is 10.2. The molecule has 4 nitrogen and oxygen atoms in total. The van der Waals surface area contributed by atoms with Crippen LogP contribution < -0.4 is 10.6 Å². The van der Waals surface area contributed by atoms with E-state index in [0.29, 0.717) is 5.95 Å². The van der Waals surface area contributed by atoms with E-state index in [1.807, 2.05) is 11.8 Å². The van der Waals surface area contributed by atoms with Crippen molar-refractivity contribution in [2.45, 2.75) is 18.6 Å². The van der Waals surface area contributed by atoms with E-state index in [2.05, 4.69) is 44.6 Å². The summed E-state index contributed by atoms with van der Waals surface area (Å²) >= 11 is 5.47. The average molecular weight is 303 g/mol. The molecular formula is C10H15BrN4S. The van der Waals surface area contributed by atoms with Crippen molar-refractivity contribution in [1.82, 2.24) is 9.97 Å². The third-order valence-electron chi connectivity index (χ3n) is 2.47. The molecule has 1 aliphatic heterocycles. The van der Waals surface area contributed by atoms with Crippen LogP contribution in [-0.4, -0.2) is 33.6 Å². The Morgan fingerprint density at radius 3 is 3.00 bits per heavy atom. The van der Waals surface area contributed by atoms with Gasteiger partial charge < -0.3 is 10.6 Å². The van der Waals surface area contributed by atoms with Crippen LogP contribution in [0.5, 0.6) is 0 Å². The zero-order chi connectivity index (χ0) is 11.8. The average Bonchev–Trinajstić information content (AvgIpc) is 2.20. The maximum absolute atomic E-state index is 5.63. The molecule has 1 fully saturated rings. The molecule has 1 aliphatic rings. The zero-order valence-electron chi connectivity index (χ0n) is 9.40. The van der Waals surface area contributed by atoms with Crippen LogP contribution in [-0.2, 0) is 0 Å². The second-order valence-corrected chi connectivity index (χ2v) is 7.09. The third-order valence-corrected chi connectivity index (χ3v) is 4.33. The highest BCUT2D eigenvalue weighted by atomic mass is 79.9. The van der Waals surface area contributed by atoms with Gasteiger partial charge in [0.25, 0.3) is 0 Å². The Kier molecular flexibility index (Phi) is 3.30. The van der Waals surface area contributed by atoms with E-state index in [9.17, 15) is 0 Å². The highest BCUT2D eigenvalue weighted by Crippen LogP contribution is 2.34. The van der Waals surface area contributed by atoms with Crippen molar-refractivity contribution >= 4 is 39.5 Å². The van der Waals surface area contributed by atoms with Crippen LogP contribution in [0, 0.1) is 0 Å². The van der Waals surface area contributed by atoms with Crippen molar-refractivity contribution < 1.29 is 0 Å². The summed E-state index contributed by atoms with van der Waals surface area (Å²) in [5.74, 6) is 2.35. The molecule has 88 valence electrons. The molecule has 2 rings (SSSR count). The summed E-state index contributed by atoms with van der Waals surface area (Å²) in [6.45, 7) is 6.49. The van der Waals surface area contributed by atoms with E-state index < -0.39 is 0 Å². The van der Waals surface area contributed by atoms with E-state index in [1.165, 1.54) is 0 Å². The first-order chi connectivity index (χ1) is 7.48. The fourth-order valence-corrected chi connectivity index (χ4v) is 3.34. The number of thioether (sulfide) groups is 1. The third kappa shape index (κ3) is 2.60. The van der Waals surface area contributed by atoms with Crippen LogP contribution in [0.2, 0.25) is 0 Å². The van der Waals surface area contributed by atoms with E-state index >= 15 is 0 Å². The lowest BCUT2D eigenvalue weighted by molar-refractivity contribution is 0.641.